The van der Waals surface area contributed by atoms with Crippen LogP contribution in [0.1, 0.15) is 19.4 Å². The van der Waals surface area contributed by atoms with E-state index in [2.05, 4.69) is 0 Å². The zero-order chi connectivity index (χ0) is 11.4. The smallest absolute Gasteiger partial charge is 0.165 e. The van der Waals surface area contributed by atoms with Crippen LogP contribution >= 0.6 is 0 Å². The third kappa shape index (κ3) is 3.36. The Hall–Kier alpha value is -1.35. The van der Waals surface area contributed by atoms with E-state index in [4.69, 9.17) is 5.11 Å². The minimum Gasteiger partial charge on any atom is -0.508 e. The lowest BCUT2D eigenvalue weighted by atomic mass is 9.98. The number of carbonyl (C=O) groups is 1. The highest BCUT2D eigenvalue weighted by Crippen LogP contribution is 2.12. The predicted molar refractivity (Wildman–Crippen MR) is 57.7 cm³/mol. The van der Waals surface area contributed by atoms with E-state index in [1.165, 1.54) is 12.1 Å². The molecule has 0 aromatic heterocycles. The zero-order valence-electron chi connectivity index (χ0n) is 8.97. The number of hydrogen-bond donors (Lipinski definition) is 2. The lowest BCUT2D eigenvalue weighted by molar-refractivity contribution is -0.128. The van der Waals surface area contributed by atoms with E-state index in [9.17, 15) is 9.90 Å². The van der Waals surface area contributed by atoms with Crippen molar-refractivity contribution in [2.45, 2.75) is 26.4 Å². The van der Waals surface area contributed by atoms with Crippen molar-refractivity contribution in [2.75, 3.05) is 0 Å². The SMILES string of the molecule is CC(C)C(O)C(=O)Cc1ccc(O)cc1. The van der Waals surface area contributed by atoms with Gasteiger partial charge in [-0.25, -0.2) is 0 Å². The molecule has 0 aliphatic heterocycles. The van der Waals surface area contributed by atoms with Crippen molar-refractivity contribution < 1.29 is 15.0 Å². The fourth-order valence-electron chi connectivity index (χ4n) is 1.29. The van der Waals surface area contributed by atoms with Crippen molar-refractivity contribution in [1.29, 1.82) is 0 Å². The molecule has 82 valence electrons. The van der Waals surface area contributed by atoms with Crippen LogP contribution in [0.4, 0.5) is 0 Å². The Labute approximate surface area is 89.4 Å². The maximum atomic E-state index is 11.5. The number of ketones is 1. The maximum absolute atomic E-state index is 11.5. The first kappa shape index (κ1) is 11.7. The second-order valence-electron chi connectivity index (χ2n) is 4.00. The van der Waals surface area contributed by atoms with Crippen LogP contribution in [0.2, 0.25) is 0 Å². The van der Waals surface area contributed by atoms with Gasteiger partial charge in [-0.05, 0) is 23.6 Å². The number of phenolic OH excluding ortho intramolecular Hbond substituents is 1. The van der Waals surface area contributed by atoms with E-state index >= 15 is 0 Å². The third-order valence-electron chi connectivity index (χ3n) is 2.28. The molecule has 0 aliphatic rings. The van der Waals surface area contributed by atoms with E-state index < -0.39 is 6.10 Å². The molecule has 0 saturated heterocycles. The minimum atomic E-state index is -0.904. The van der Waals surface area contributed by atoms with Crippen molar-refractivity contribution in [1.82, 2.24) is 0 Å². The normalized spacial score (nSPS) is 12.8. The van der Waals surface area contributed by atoms with Crippen molar-refractivity contribution in [2.24, 2.45) is 5.92 Å². The van der Waals surface area contributed by atoms with Crippen LogP contribution in [0.5, 0.6) is 5.75 Å². The summed E-state index contributed by atoms with van der Waals surface area (Å²) in [7, 11) is 0. The van der Waals surface area contributed by atoms with Gasteiger partial charge in [0, 0.05) is 6.42 Å². The molecule has 0 fully saturated rings. The van der Waals surface area contributed by atoms with Gasteiger partial charge in [-0.15, -0.1) is 0 Å². The van der Waals surface area contributed by atoms with Crippen molar-refractivity contribution in [3.63, 3.8) is 0 Å². The molecule has 1 aromatic carbocycles. The van der Waals surface area contributed by atoms with Crippen molar-refractivity contribution >= 4 is 5.78 Å². The summed E-state index contributed by atoms with van der Waals surface area (Å²) in [4.78, 5) is 11.5. The number of aliphatic hydroxyl groups excluding tert-OH is 1. The van der Waals surface area contributed by atoms with Gasteiger partial charge in [0.25, 0.3) is 0 Å². The average Bonchev–Trinajstić information content (AvgIpc) is 2.20. The Balaban J connectivity index is 2.62. The molecule has 3 heteroatoms. The first-order valence-electron chi connectivity index (χ1n) is 4.99. The topological polar surface area (TPSA) is 57.5 Å². The van der Waals surface area contributed by atoms with E-state index in [-0.39, 0.29) is 23.9 Å². The highest BCUT2D eigenvalue weighted by Gasteiger charge is 2.18. The van der Waals surface area contributed by atoms with E-state index in [1.807, 2.05) is 0 Å². The Morgan fingerprint density at radius 1 is 1.27 bits per heavy atom. The standard InChI is InChI=1S/C12H16O3/c1-8(2)12(15)11(14)7-9-3-5-10(13)6-4-9/h3-6,8,12-13,15H,7H2,1-2H3. The van der Waals surface area contributed by atoms with E-state index in [1.54, 1.807) is 26.0 Å². The summed E-state index contributed by atoms with van der Waals surface area (Å²) in [5.74, 6) is -0.0686. The van der Waals surface area contributed by atoms with Gasteiger partial charge >= 0.3 is 0 Å². The van der Waals surface area contributed by atoms with Crippen LogP contribution in [-0.4, -0.2) is 22.1 Å². The summed E-state index contributed by atoms with van der Waals surface area (Å²) in [6, 6.07) is 6.43. The number of Topliss-reactive ketones (excluding diaryl/α,β-unsaturated/α-hetero) is 1. The molecule has 0 bridgehead atoms. The highest BCUT2D eigenvalue weighted by atomic mass is 16.3. The number of carbonyl (C=O) groups excluding carboxylic acids is 1. The van der Waals surface area contributed by atoms with Crippen LogP contribution in [0.3, 0.4) is 0 Å². The van der Waals surface area contributed by atoms with Gasteiger partial charge in [0.1, 0.15) is 11.9 Å². The van der Waals surface area contributed by atoms with Crippen LogP contribution in [0.15, 0.2) is 24.3 Å². The van der Waals surface area contributed by atoms with E-state index in [0.717, 1.165) is 5.56 Å². The highest BCUT2D eigenvalue weighted by molar-refractivity contribution is 5.85. The Morgan fingerprint density at radius 2 is 1.80 bits per heavy atom. The lowest BCUT2D eigenvalue weighted by Crippen LogP contribution is -2.27. The number of aliphatic hydroxyl groups is 1. The molecule has 0 heterocycles. The van der Waals surface area contributed by atoms with Gasteiger partial charge in [-0.1, -0.05) is 26.0 Å². The molecule has 1 aromatic rings. The number of rotatable bonds is 4. The molecule has 1 rings (SSSR count). The van der Waals surface area contributed by atoms with Gasteiger partial charge in [0.15, 0.2) is 5.78 Å². The molecule has 15 heavy (non-hydrogen) atoms. The van der Waals surface area contributed by atoms with Gasteiger partial charge in [-0.3, -0.25) is 4.79 Å². The van der Waals surface area contributed by atoms with Crippen molar-refractivity contribution in [3.8, 4) is 5.75 Å². The van der Waals surface area contributed by atoms with Gasteiger partial charge in [-0.2, -0.15) is 0 Å². The van der Waals surface area contributed by atoms with Crippen LogP contribution in [0.25, 0.3) is 0 Å². The number of aromatic hydroxyl groups is 1. The summed E-state index contributed by atoms with van der Waals surface area (Å²) in [6.07, 6.45) is -0.696. The predicted octanol–water partition coefficient (Wildman–Crippen LogP) is 1.52. The molecular weight excluding hydrogens is 192 g/mol. The summed E-state index contributed by atoms with van der Waals surface area (Å²) in [5, 5.41) is 18.6. The van der Waals surface area contributed by atoms with Crippen LogP contribution in [-0.2, 0) is 11.2 Å². The summed E-state index contributed by atoms with van der Waals surface area (Å²) in [5.41, 5.74) is 0.803. The number of hydrogen-bond acceptors (Lipinski definition) is 3. The zero-order valence-corrected chi connectivity index (χ0v) is 8.97. The van der Waals surface area contributed by atoms with E-state index in [0.29, 0.717) is 0 Å². The Bertz CT molecular complexity index is 327. The minimum absolute atomic E-state index is 0.0605. The molecule has 0 amide bonds. The van der Waals surface area contributed by atoms with Crippen LogP contribution in [0, 0.1) is 5.92 Å². The molecule has 0 radical (unpaired) electrons. The second-order valence-corrected chi connectivity index (χ2v) is 4.00. The fourth-order valence-corrected chi connectivity index (χ4v) is 1.29. The first-order chi connectivity index (χ1) is 7.00. The molecular formula is C12H16O3. The molecule has 1 unspecified atom stereocenters. The Kier molecular flexibility index (Phi) is 3.86. The molecule has 3 nitrogen and oxygen atoms in total. The average molecular weight is 208 g/mol. The quantitative estimate of drug-likeness (QED) is 0.788. The first-order valence-corrected chi connectivity index (χ1v) is 4.99. The largest absolute Gasteiger partial charge is 0.508 e. The molecule has 2 N–H and O–H groups in total. The molecule has 0 spiro atoms. The monoisotopic (exact) mass is 208 g/mol. The number of phenols is 1. The molecule has 0 aliphatic carbocycles. The summed E-state index contributed by atoms with van der Waals surface area (Å²) in [6.45, 7) is 3.61. The van der Waals surface area contributed by atoms with Crippen molar-refractivity contribution in [3.05, 3.63) is 29.8 Å². The molecule has 1 atom stereocenters. The summed E-state index contributed by atoms with van der Waals surface area (Å²) < 4.78 is 0. The maximum Gasteiger partial charge on any atom is 0.165 e. The third-order valence-corrected chi connectivity index (χ3v) is 2.28. The van der Waals surface area contributed by atoms with Gasteiger partial charge < -0.3 is 10.2 Å². The second kappa shape index (κ2) is 4.94. The Morgan fingerprint density at radius 3 is 2.27 bits per heavy atom. The fraction of sp³-hybridized carbons (Fsp3) is 0.417. The van der Waals surface area contributed by atoms with Crippen LogP contribution < -0.4 is 0 Å². The molecule has 0 saturated carbocycles. The lowest BCUT2D eigenvalue weighted by Gasteiger charge is -2.12. The number of benzene rings is 1. The summed E-state index contributed by atoms with van der Waals surface area (Å²) >= 11 is 0. The van der Waals surface area contributed by atoms with Gasteiger partial charge in [0.05, 0.1) is 0 Å². The van der Waals surface area contributed by atoms with Gasteiger partial charge in [0.2, 0.25) is 0 Å².